The maximum absolute atomic E-state index is 15.6. The normalized spacial score (nSPS) is 13.4. The molecule has 0 spiro atoms. The van der Waals surface area contributed by atoms with Gasteiger partial charge in [-0.05, 0) is 139 Å². The van der Waals surface area contributed by atoms with E-state index in [-0.39, 0.29) is 64.3 Å². The smallest absolute Gasteiger partial charge is 0.425 e. The average molecular weight is 912 g/mol. The minimum Gasteiger partial charge on any atom is -0.489 e. The molecular formula is C48H54FN5O10S. The molecule has 4 aromatic carbocycles. The van der Waals surface area contributed by atoms with Crippen LogP contribution in [0.5, 0.6) is 5.75 Å². The van der Waals surface area contributed by atoms with Crippen molar-refractivity contribution < 1.29 is 51.3 Å². The summed E-state index contributed by atoms with van der Waals surface area (Å²) in [5, 5.41) is 18.9. The van der Waals surface area contributed by atoms with Gasteiger partial charge >= 0.3 is 18.2 Å². The summed E-state index contributed by atoms with van der Waals surface area (Å²) in [5.74, 6) is -2.29. The number of aliphatic carboxylic acids is 1. The number of nitrogens with one attached hydrogen (secondary N) is 3. The maximum Gasteiger partial charge on any atom is 0.425 e. The molecule has 6 rings (SSSR count). The molecule has 0 bridgehead atoms. The van der Waals surface area contributed by atoms with Gasteiger partial charge in [-0.3, -0.25) is 4.79 Å². The van der Waals surface area contributed by atoms with Crippen LogP contribution in [0, 0.1) is 5.82 Å². The molecule has 1 atom stereocenters. The maximum atomic E-state index is 15.6. The van der Waals surface area contributed by atoms with Crippen LogP contribution in [0.4, 0.5) is 31.2 Å². The molecule has 1 unspecified atom stereocenters. The Hall–Kier alpha value is -6.59. The number of carboxylic acid groups (broad SMARTS) is 1. The zero-order valence-corrected chi connectivity index (χ0v) is 38.2. The van der Waals surface area contributed by atoms with Crippen molar-refractivity contribution in [1.29, 1.82) is 0 Å². The number of carbonyl (C=O) groups excluding carboxylic acids is 3. The van der Waals surface area contributed by atoms with E-state index in [4.69, 9.17) is 14.2 Å². The third-order valence-corrected chi connectivity index (χ3v) is 12.4. The van der Waals surface area contributed by atoms with Crippen molar-refractivity contribution in [1.82, 2.24) is 10.3 Å². The van der Waals surface area contributed by atoms with Crippen LogP contribution < -0.4 is 25.6 Å². The second-order valence-corrected chi connectivity index (χ2v) is 19.9. The molecule has 1 heterocycles. The summed E-state index contributed by atoms with van der Waals surface area (Å²) in [6.07, 6.45) is -0.0118. The number of aryl methyl sites for hydroxylation is 1. The Labute approximate surface area is 377 Å². The van der Waals surface area contributed by atoms with E-state index < -0.39 is 51.1 Å². The molecule has 0 aliphatic heterocycles. The van der Waals surface area contributed by atoms with Gasteiger partial charge in [-0.1, -0.05) is 36.4 Å². The number of halogens is 1. The standard InChI is InChI=1S/C48H54FN5O10S/c1-47(2,3)63-45(58)54(46(59)64-48(4,5)6)43-36-19-15-34(25-37(36)38(49)27-51-43)53-42(44(56)57)31-13-20-39(62-28-29-11-9-8-10-12-29)30(23-31)14-22-41(55)52-33-16-21-40(32(24-33)26-50-7)65(60,61)35-17-18-35/h8-13,15-16,19-21,23-25,27,35,42,50,53H,14,17-18,22,26,28H2,1-7H3,(H,52,55)(H,56,57). The Kier molecular flexibility index (Phi) is 14.5. The fourth-order valence-electron chi connectivity index (χ4n) is 6.92. The molecule has 0 radical (unpaired) electrons. The van der Waals surface area contributed by atoms with Gasteiger partial charge in [0.2, 0.25) is 5.91 Å². The van der Waals surface area contributed by atoms with E-state index in [0.717, 1.165) is 11.8 Å². The number of nitrogens with zero attached hydrogens (tertiary/aromatic N) is 2. The number of benzene rings is 4. The Morgan fingerprint density at radius 2 is 1.51 bits per heavy atom. The number of carboxylic acids is 1. The van der Waals surface area contributed by atoms with Crippen LogP contribution in [0.3, 0.4) is 0 Å². The summed E-state index contributed by atoms with van der Waals surface area (Å²) >= 11 is 0. The molecule has 3 amide bonds. The van der Waals surface area contributed by atoms with Crippen LogP contribution in [-0.2, 0) is 48.5 Å². The number of carbonyl (C=O) groups is 4. The van der Waals surface area contributed by atoms with E-state index >= 15 is 4.39 Å². The number of ether oxygens (including phenoxy) is 3. The molecule has 4 N–H and O–H groups in total. The van der Waals surface area contributed by atoms with E-state index in [9.17, 15) is 32.7 Å². The first-order chi connectivity index (χ1) is 30.6. The molecule has 1 fully saturated rings. The summed E-state index contributed by atoms with van der Waals surface area (Å²) in [5.41, 5.74) is 0.843. The Morgan fingerprint density at radius 3 is 2.12 bits per heavy atom. The molecule has 65 heavy (non-hydrogen) atoms. The first kappa shape index (κ1) is 47.9. The minimum absolute atomic E-state index is 0.0380. The fraction of sp³-hybridized carbons (Fsp3) is 0.354. The second kappa shape index (κ2) is 19.7. The van der Waals surface area contributed by atoms with Gasteiger partial charge in [-0.15, -0.1) is 0 Å². The molecule has 1 aliphatic rings. The first-order valence-electron chi connectivity index (χ1n) is 21.1. The topological polar surface area (TPSA) is 203 Å². The highest BCUT2D eigenvalue weighted by molar-refractivity contribution is 7.92. The summed E-state index contributed by atoms with van der Waals surface area (Å²) in [4.78, 5) is 58.1. The number of fused-ring (bicyclic) bond motifs is 1. The number of aromatic nitrogens is 1. The van der Waals surface area contributed by atoms with E-state index in [1.54, 1.807) is 78.9 Å². The number of anilines is 3. The number of hydrogen-bond donors (Lipinski definition) is 4. The van der Waals surface area contributed by atoms with E-state index in [0.29, 0.717) is 45.9 Å². The first-order valence-corrected chi connectivity index (χ1v) is 22.6. The van der Waals surface area contributed by atoms with E-state index in [1.165, 1.54) is 24.3 Å². The van der Waals surface area contributed by atoms with Crippen LogP contribution in [0.1, 0.15) is 89.1 Å². The third-order valence-electron chi connectivity index (χ3n) is 10.00. The molecular weight excluding hydrogens is 858 g/mol. The van der Waals surface area contributed by atoms with Gasteiger partial charge in [0.1, 0.15) is 29.4 Å². The number of amides is 3. The van der Waals surface area contributed by atoms with Crippen LogP contribution >= 0.6 is 0 Å². The summed E-state index contributed by atoms with van der Waals surface area (Å²) in [6.45, 7) is 10.2. The fourth-order valence-corrected chi connectivity index (χ4v) is 8.79. The molecule has 1 saturated carbocycles. The Balaban J connectivity index is 1.28. The van der Waals surface area contributed by atoms with Gasteiger partial charge in [0.15, 0.2) is 21.7 Å². The predicted octanol–water partition coefficient (Wildman–Crippen LogP) is 9.09. The number of hydrogen-bond acceptors (Lipinski definition) is 12. The van der Waals surface area contributed by atoms with Crippen molar-refractivity contribution in [2.45, 2.75) is 108 Å². The lowest BCUT2D eigenvalue weighted by molar-refractivity contribution is -0.138. The molecule has 1 aromatic heterocycles. The summed E-state index contributed by atoms with van der Waals surface area (Å²) < 4.78 is 58.9. The number of rotatable bonds is 16. The van der Waals surface area contributed by atoms with Crippen LogP contribution in [0.2, 0.25) is 0 Å². The summed E-state index contributed by atoms with van der Waals surface area (Å²) in [6, 6.07) is 21.8. The highest BCUT2D eigenvalue weighted by atomic mass is 32.2. The van der Waals surface area contributed by atoms with Gasteiger partial charge in [0.05, 0.1) is 16.3 Å². The summed E-state index contributed by atoms with van der Waals surface area (Å²) in [7, 11) is -1.77. The minimum atomic E-state index is -3.48. The largest absolute Gasteiger partial charge is 0.489 e. The van der Waals surface area contributed by atoms with Crippen molar-refractivity contribution in [3.8, 4) is 5.75 Å². The number of imide groups is 1. The Morgan fingerprint density at radius 1 is 0.846 bits per heavy atom. The quantitative estimate of drug-likeness (QED) is 0.0731. The van der Waals surface area contributed by atoms with Crippen molar-refractivity contribution >= 4 is 61.9 Å². The zero-order chi connectivity index (χ0) is 47.3. The predicted molar refractivity (Wildman–Crippen MR) is 244 cm³/mol. The Bertz CT molecular complexity index is 2670. The lowest BCUT2D eigenvalue weighted by Gasteiger charge is -2.28. The van der Waals surface area contributed by atoms with Crippen LogP contribution in [0.25, 0.3) is 10.8 Å². The molecule has 344 valence electrons. The van der Waals surface area contributed by atoms with Crippen molar-refractivity contribution in [2.24, 2.45) is 0 Å². The van der Waals surface area contributed by atoms with Gasteiger partial charge in [-0.2, -0.15) is 4.90 Å². The number of pyridine rings is 1. The van der Waals surface area contributed by atoms with Crippen LogP contribution in [0.15, 0.2) is 96.0 Å². The molecule has 17 heteroatoms. The average Bonchev–Trinajstić information content (AvgIpc) is 4.09. The molecule has 0 saturated heterocycles. The third kappa shape index (κ3) is 12.4. The molecule has 1 aliphatic carbocycles. The molecule has 15 nitrogen and oxygen atoms in total. The zero-order valence-electron chi connectivity index (χ0n) is 37.4. The highest BCUT2D eigenvalue weighted by Crippen LogP contribution is 2.37. The monoisotopic (exact) mass is 911 g/mol. The highest BCUT2D eigenvalue weighted by Gasteiger charge is 2.38. The SMILES string of the molecule is CNCc1cc(NC(=O)CCc2cc(C(Nc3ccc4c(N(C(=O)OC(C)(C)C)C(=O)OC(C)(C)C)ncc(F)c4c3)C(=O)O)ccc2OCc2ccccc2)ccc1S(=O)(=O)C1CC1. The van der Waals surface area contributed by atoms with Gasteiger partial charge < -0.3 is 35.3 Å². The van der Waals surface area contributed by atoms with Crippen LogP contribution in [-0.4, -0.2) is 66.1 Å². The van der Waals surface area contributed by atoms with Gasteiger partial charge in [-0.25, -0.2) is 32.2 Å². The van der Waals surface area contributed by atoms with E-state index in [1.807, 2.05) is 30.3 Å². The van der Waals surface area contributed by atoms with Crippen molar-refractivity contribution in [3.05, 3.63) is 119 Å². The lowest BCUT2D eigenvalue weighted by atomic mass is 9.99. The van der Waals surface area contributed by atoms with Crippen molar-refractivity contribution in [3.63, 3.8) is 0 Å². The second-order valence-electron chi connectivity index (χ2n) is 17.7. The van der Waals surface area contributed by atoms with Gasteiger partial charge in [0.25, 0.3) is 0 Å². The van der Waals surface area contributed by atoms with Crippen molar-refractivity contribution in [2.75, 3.05) is 22.6 Å². The molecule has 5 aromatic rings. The van der Waals surface area contributed by atoms with Gasteiger partial charge in [0, 0.05) is 35.1 Å². The van der Waals surface area contributed by atoms with E-state index in [2.05, 4.69) is 20.9 Å². The number of sulfone groups is 1. The lowest BCUT2D eigenvalue weighted by Crippen LogP contribution is -2.44.